The number of nitrogens with zero attached hydrogens (tertiary/aromatic N) is 2. The van der Waals surface area contributed by atoms with Crippen molar-refractivity contribution in [2.45, 2.75) is 50.1 Å². The molecular weight excluding hydrogens is 291 g/mol. The average Bonchev–Trinajstić information content (AvgIpc) is 2.99. The first-order valence-electron chi connectivity index (χ1n) is 8.91. The first kappa shape index (κ1) is 15.1. The molecule has 3 nitrogen and oxygen atoms in total. The lowest BCUT2D eigenvalue weighted by atomic mass is 10.0. The molecule has 124 valence electrons. The van der Waals surface area contributed by atoms with Gasteiger partial charge >= 0.3 is 0 Å². The number of rotatable bonds is 3. The Hall–Kier alpha value is -1.42. The maximum Gasteiger partial charge on any atom is 0.226 e. The fourth-order valence-corrected chi connectivity index (χ4v) is 4.65. The Bertz CT molecular complexity index is 588. The highest BCUT2D eigenvalue weighted by Gasteiger charge is 2.49. The van der Waals surface area contributed by atoms with Gasteiger partial charge in [-0.15, -0.1) is 0 Å². The average molecular weight is 316 g/mol. The molecule has 1 aliphatic carbocycles. The van der Waals surface area contributed by atoms with Gasteiger partial charge in [0, 0.05) is 24.5 Å². The van der Waals surface area contributed by atoms with Crippen LogP contribution in [0.15, 0.2) is 24.3 Å². The molecule has 2 aliphatic heterocycles. The van der Waals surface area contributed by atoms with Crippen molar-refractivity contribution in [1.29, 1.82) is 0 Å². The van der Waals surface area contributed by atoms with Crippen LogP contribution in [0.25, 0.3) is 0 Å². The minimum atomic E-state index is -0.207. The zero-order valence-electron chi connectivity index (χ0n) is 13.7. The van der Waals surface area contributed by atoms with E-state index in [4.69, 9.17) is 0 Å². The molecule has 2 heterocycles. The fraction of sp³-hybridized carbons (Fsp3) is 0.632. The summed E-state index contributed by atoms with van der Waals surface area (Å²) < 4.78 is 13.1. The zero-order chi connectivity index (χ0) is 16.0. The molecule has 23 heavy (non-hydrogen) atoms. The van der Waals surface area contributed by atoms with Crippen LogP contribution < -0.4 is 0 Å². The quantitative estimate of drug-likeness (QED) is 0.856. The summed E-state index contributed by atoms with van der Waals surface area (Å²) in [6, 6.07) is 7.62. The first-order chi connectivity index (χ1) is 11.1. The third kappa shape index (κ3) is 2.78. The van der Waals surface area contributed by atoms with Crippen LogP contribution in [0.3, 0.4) is 0 Å². The van der Waals surface area contributed by atoms with E-state index in [1.165, 1.54) is 25.0 Å². The molecule has 1 saturated carbocycles. The predicted molar refractivity (Wildman–Crippen MR) is 87.6 cm³/mol. The van der Waals surface area contributed by atoms with E-state index in [9.17, 15) is 9.18 Å². The molecule has 3 fully saturated rings. The summed E-state index contributed by atoms with van der Waals surface area (Å²) in [6.07, 6.45) is 5.68. The van der Waals surface area contributed by atoms with E-state index in [1.807, 2.05) is 12.1 Å². The number of likely N-dealkylation sites (tertiary alicyclic amines) is 2. The van der Waals surface area contributed by atoms with E-state index in [2.05, 4.69) is 16.8 Å². The minimum absolute atomic E-state index is 0.118. The third-order valence-electron chi connectivity index (χ3n) is 6.01. The largest absolute Gasteiger partial charge is 0.338 e. The molecule has 0 radical (unpaired) electrons. The second-order valence-corrected chi connectivity index (χ2v) is 7.43. The maximum atomic E-state index is 13.1. The van der Waals surface area contributed by atoms with Crippen molar-refractivity contribution in [3.05, 3.63) is 35.6 Å². The molecular formula is C19H25FN2O. The summed E-state index contributed by atoms with van der Waals surface area (Å²) >= 11 is 0. The van der Waals surface area contributed by atoms with Crippen molar-refractivity contribution in [3.63, 3.8) is 0 Å². The summed E-state index contributed by atoms with van der Waals surface area (Å²) in [6.45, 7) is 2.07. The normalized spacial score (nSPS) is 34.1. The molecule has 1 aromatic rings. The van der Waals surface area contributed by atoms with Gasteiger partial charge in [-0.05, 0) is 69.3 Å². The smallest absolute Gasteiger partial charge is 0.226 e. The summed E-state index contributed by atoms with van der Waals surface area (Å²) in [5.41, 5.74) is 1.11. The summed E-state index contributed by atoms with van der Waals surface area (Å²) in [5.74, 6) is 0.543. The van der Waals surface area contributed by atoms with E-state index in [-0.39, 0.29) is 11.7 Å². The lowest BCUT2D eigenvalue weighted by Crippen LogP contribution is -2.47. The number of benzene rings is 1. The first-order valence-corrected chi connectivity index (χ1v) is 8.91. The van der Waals surface area contributed by atoms with Crippen LogP contribution >= 0.6 is 0 Å². The molecule has 1 aromatic carbocycles. The van der Waals surface area contributed by atoms with Gasteiger partial charge in [-0.1, -0.05) is 12.1 Å². The van der Waals surface area contributed by atoms with Crippen LogP contribution in [0.4, 0.5) is 4.39 Å². The van der Waals surface area contributed by atoms with Gasteiger partial charge in [0.15, 0.2) is 0 Å². The van der Waals surface area contributed by atoms with E-state index < -0.39 is 0 Å². The van der Waals surface area contributed by atoms with Gasteiger partial charge in [0.2, 0.25) is 5.91 Å². The number of carbonyl (C=O) groups excluding carboxylic acids is 1. The zero-order valence-corrected chi connectivity index (χ0v) is 13.7. The maximum absolute atomic E-state index is 13.1. The van der Waals surface area contributed by atoms with Gasteiger partial charge in [-0.3, -0.25) is 4.79 Å². The van der Waals surface area contributed by atoms with Crippen LogP contribution in [0.1, 0.15) is 43.6 Å². The van der Waals surface area contributed by atoms with Gasteiger partial charge in [-0.25, -0.2) is 4.39 Å². The third-order valence-corrected chi connectivity index (χ3v) is 6.01. The standard InChI is InChI=1S/C19H25FN2O/c1-21-10-2-4-17(21)18-5-3-11-22(18)19(23)16-12-15(16)13-6-8-14(20)9-7-13/h6-9,15-18H,2-5,10-12H2,1H3/t15-,16-,17-,18+/m1/s1. The molecule has 0 unspecified atom stereocenters. The molecule has 1 amide bonds. The molecule has 0 aromatic heterocycles. The summed E-state index contributed by atoms with van der Waals surface area (Å²) in [5, 5.41) is 0. The van der Waals surface area contributed by atoms with Crippen LogP contribution in [0.5, 0.6) is 0 Å². The monoisotopic (exact) mass is 316 g/mol. The van der Waals surface area contributed by atoms with Gasteiger partial charge in [0.1, 0.15) is 5.82 Å². The number of hydrogen-bond donors (Lipinski definition) is 0. The molecule has 4 rings (SSSR count). The molecule has 4 heteroatoms. The van der Waals surface area contributed by atoms with E-state index >= 15 is 0 Å². The Morgan fingerprint density at radius 1 is 1.09 bits per heavy atom. The Balaban J connectivity index is 1.44. The predicted octanol–water partition coefficient (Wildman–Crippen LogP) is 3.01. The van der Waals surface area contributed by atoms with Crippen LogP contribution in [-0.4, -0.2) is 47.9 Å². The SMILES string of the molecule is CN1CCC[C@@H]1[C@@H]1CCCN1C(=O)[C@@H]1C[C@@H]1c1ccc(F)cc1. The Morgan fingerprint density at radius 2 is 1.78 bits per heavy atom. The fourth-order valence-electron chi connectivity index (χ4n) is 4.65. The van der Waals surface area contributed by atoms with Crippen molar-refractivity contribution in [1.82, 2.24) is 9.80 Å². The lowest BCUT2D eigenvalue weighted by Gasteiger charge is -2.33. The Kier molecular flexibility index (Phi) is 3.88. The number of likely N-dealkylation sites (N-methyl/N-ethyl adjacent to an activating group) is 1. The van der Waals surface area contributed by atoms with Crippen molar-refractivity contribution >= 4 is 5.91 Å². The highest BCUT2D eigenvalue weighted by Crippen LogP contribution is 2.49. The second kappa shape index (κ2) is 5.90. The van der Waals surface area contributed by atoms with Gasteiger partial charge in [0.25, 0.3) is 0 Å². The van der Waals surface area contributed by atoms with E-state index in [0.29, 0.717) is 23.9 Å². The minimum Gasteiger partial charge on any atom is -0.338 e. The topological polar surface area (TPSA) is 23.6 Å². The Morgan fingerprint density at radius 3 is 2.48 bits per heavy atom. The van der Waals surface area contributed by atoms with Crippen LogP contribution in [0.2, 0.25) is 0 Å². The van der Waals surface area contributed by atoms with Crippen molar-refractivity contribution in [2.24, 2.45) is 5.92 Å². The van der Waals surface area contributed by atoms with Crippen molar-refractivity contribution in [2.75, 3.05) is 20.1 Å². The number of amides is 1. The molecule has 0 spiro atoms. The second-order valence-electron chi connectivity index (χ2n) is 7.43. The molecule has 3 aliphatic rings. The molecule has 2 saturated heterocycles. The summed E-state index contributed by atoms with van der Waals surface area (Å²) in [7, 11) is 2.19. The van der Waals surface area contributed by atoms with Crippen LogP contribution in [-0.2, 0) is 4.79 Å². The highest BCUT2D eigenvalue weighted by molar-refractivity contribution is 5.83. The number of hydrogen-bond acceptors (Lipinski definition) is 2. The van der Waals surface area contributed by atoms with Gasteiger partial charge in [0.05, 0.1) is 0 Å². The van der Waals surface area contributed by atoms with Gasteiger partial charge < -0.3 is 9.80 Å². The summed E-state index contributed by atoms with van der Waals surface area (Å²) in [4.78, 5) is 17.6. The van der Waals surface area contributed by atoms with Crippen molar-refractivity contribution in [3.8, 4) is 0 Å². The van der Waals surface area contributed by atoms with E-state index in [1.54, 1.807) is 0 Å². The highest BCUT2D eigenvalue weighted by atomic mass is 19.1. The number of halogens is 1. The molecule has 4 atom stereocenters. The Labute approximate surface area is 137 Å². The number of carbonyl (C=O) groups is 1. The lowest BCUT2D eigenvalue weighted by molar-refractivity contribution is -0.134. The van der Waals surface area contributed by atoms with Crippen molar-refractivity contribution < 1.29 is 9.18 Å². The van der Waals surface area contributed by atoms with Gasteiger partial charge in [-0.2, -0.15) is 0 Å². The van der Waals surface area contributed by atoms with Crippen LogP contribution in [0, 0.1) is 11.7 Å². The molecule has 0 bridgehead atoms. The van der Waals surface area contributed by atoms with E-state index in [0.717, 1.165) is 37.9 Å². The molecule has 0 N–H and O–H groups in total.